The molecule has 0 radical (unpaired) electrons. The molecule has 0 aromatic carbocycles. The van der Waals surface area contributed by atoms with Crippen LogP contribution in [0, 0.1) is 6.92 Å². The lowest BCUT2D eigenvalue weighted by Gasteiger charge is -2.31. The normalized spacial score (nSPS) is 21.6. The Hall–Kier alpha value is -0.870. The first-order chi connectivity index (χ1) is 8.59. The third kappa shape index (κ3) is 2.93. The van der Waals surface area contributed by atoms with Gasteiger partial charge in [-0.15, -0.1) is 11.3 Å². The Balaban J connectivity index is 2.01. The molecule has 2 heterocycles. The summed E-state index contributed by atoms with van der Waals surface area (Å²) in [4.78, 5) is 16.8. The molecule has 1 aliphatic heterocycles. The molecule has 0 spiro atoms. The number of piperidine rings is 1. The maximum atomic E-state index is 12.4. The molecular weight excluding hydrogens is 244 g/mol. The van der Waals surface area contributed by atoms with Crippen LogP contribution in [0.4, 0.5) is 0 Å². The molecule has 2 atom stereocenters. The van der Waals surface area contributed by atoms with Crippen LogP contribution in [0.5, 0.6) is 0 Å². The van der Waals surface area contributed by atoms with Crippen molar-refractivity contribution in [3.63, 3.8) is 0 Å². The predicted molar refractivity (Wildman–Crippen MR) is 75.9 cm³/mol. The molecule has 100 valence electrons. The van der Waals surface area contributed by atoms with Crippen molar-refractivity contribution in [2.45, 2.75) is 45.2 Å². The molecule has 0 aliphatic carbocycles. The van der Waals surface area contributed by atoms with Gasteiger partial charge in [0.05, 0.1) is 12.1 Å². The van der Waals surface area contributed by atoms with E-state index in [1.165, 1.54) is 16.2 Å². The number of aryl methyl sites for hydroxylation is 1. The minimum Gasteiger partial charge on any atom is -0.337 e. The molecule has 4 heteroatoms. The van der Waals surface area contributed by atoms with Gasteiger partial charge < -0.3 is 10.2 Å². The molecule has 1 fully saturated rings. The summed E-state index contributed by atoms with van der Waals surface area (Å²) in [7, 11) is 1.92. The largest absolute Gasteiger partial charge is 0.337 e. The highest BCUT2D eigenvalue weighted by molar-refractivity contribution is 7.12. The van der Waals surface area contributed by atoms with Crippen molar-refractivity contribution >= 4 is 17.2 Å². The average molecular weight is 266 g/mol. The van der Waals surface area contributed by atoms with Gasteiger partial charge in [0.25, 0.3) is 0 Å². The van der Waals surface area contributed by atoms with E-state index in [1.54, 1.807) is 11.3 Å². The van der Waals surface area contributed by atoms with E-state index in [0.717, 1.165) is 19.4 Å². The van der Waals surface area contributed by atoms with E-state index in [-0.39, 0.29) is 18.0 Å². The molecule has 1 aromatic heterocycles. The van der Waals surface area contributed by atoms with Crippen molar-refractivity contribution in [3.05, 3.63) is 21.9 Å². The van der Waals surface area contributed by atoms with Crippen LogP contribution in [0.25, 0.3) is 0 Å². The van der Waals surface area contributed by atoms with Crippen LogP contribution in [0.3, 0.4) is 0 Å². The average Bonchev–Trinajstić information content (AvgIpc) is 2.84. The molecular formula is C14H22N2OS. The number of thiophene rings is 1. The third-order valence-electron chi connectivity index (χ3n) is 3.71. The Kier molecular flexibility index (Phi) is 4.40. The summed E-state index contributed by atoms with van der Waals surface area (Å²) in [5.41, 5.74) is 0. The number of hydrogen-bond acceptors (Lipinski definition) is 3. The Labute approximate surface area is 113 Å². The van der Waals surface area contributed by atoms with Gasteiger partial charge in [0.1, 0.15) is 0 Å². The maximum Gasteiger partial charge on any atom is 0.239 e. The van der Waals surface area contributed by atoms with Crippen LogP contribution in [0.15, 0.2) is 12.1 Å². The van der Waals surface area contributed by atoms with Crippen LogP contribution in [-0.2, 0) is 4.79 Å². The molecule has 1 unspecified atom stereocenters. The number of nitrogens with one attached hydrogen (secondary N) is 1. The van der Waals surface area contributed by atoms with Crippen LogP contribution < -0.4 is 5.32 Å². The molecule has 0 saturated carbocycles. The molecule has 1 saturated heterocycles. The number of carbonyl (C=O) groups excluding carboxylic acids is 1. The first kappa shape index (κ1) is 13.6. The first-order valence-electron chi connectivity index (χ1n) is 6.66. The van der Waals surface area contributed by atoms with Gasteiger partial charge in [-0.2, -0.15) is 0 Å². The molecule has 3 nitrogen and oxygen atoms in total. The number of amides is 1. The molecule has 18 heavy (non-hydrogen) atoms. The fraction of sp³-hybridized carbons (Fsp3) is 0.643. The lowest BCUT2D eigenvalue weighted by Crippen LogP contribution is -2.47. The van der Waals surface area contributed by atoms with E-state index >= 15 is 0 Å². The molecule has 0 bridgehead atoms. The SMILES string of the molecule is Cc1ccc(C(C)N(C)C(=O)[C@@H]2CCCCN2)s1. The zero-order valence-electron chi connectivity index (χ0n) is 11.4. The van der Waals surface area contributed by atoms with Crippen molar-refractivity contribution in [1.82, 2.24) is 10.2 Å². The van der Waals surface area contributed by atoms with Crippen molar-refractivity contribution in [2.75, 3.05) is 13.6 Å². The van der Waals surface area contributed by atoms with Crippen molar-refractivity contribution in [2.24, 2.45) is 0 Å². The van der Waals surface area contributed by atoms with Gasteiger partial charge in [-0.25, -0.2) is 0 Å². The lowest BCUT2D eigenvalue weighted by atomic mass is 10.0. The second-order valence-corrected chi connectivity index (χ2v) is 6.40. The van der Waals surface area contributed by atoms with E-state index in [1.807, 2.05) is 11.9 Å². The van der Waals surface area contributed by atoms with Gasteiger partial charge >= 0.3 is 0 Å². The number of hydrogen-bond donors (Lipinski definition) is 1. The quantitative estimate of drug-likeness (QED) is 0.912. The van der Waals surface area contributed by atoms with Crippen molar-refractivity contribution in [3.8, 4) is 0 Å². The van der Waals surface area contributed by atoms with Crippen LogP contribution in [0.2, 0.25) is 0 Å². The van der Waals surface area contributed by atoms with E-state index in [4.69, 9.17) is 0 Å². The highest BCUT2D eigenvalue weighted by Gasteiger charge is 2.27. The van der Waals surface area contributed by atoms with E-state index in [2.05, 4.69) is 31.3 Å². The molecule has 1 N–H and O–H groups in total. The first-order valence-corrected chi connectivity index (χ1v) is 7.47. The van der Waals surface area contributed by atoms with Crippen LogP contribution in [-0.4, -0.2) is 30.4 Å². The molecule has 2 rings (SSSR count). The summed E-state index contributed by atoms with van der Waals surface area (Å²) in [6.07, 6.45) is 3.32. The summed E-state index contributed by atoms with van der Waals surface area (Å²) in [6.45, 7) is 5.17. The van der Waals surface area contributed by atoms with Gasteiger partial charge in [-0.3, -0.25) is 4.79 Å². The van der Waals surface area contributed by atoms with Gasteiger partial charge in [0.2, 0.25) is 5.91 Å². The number of carbonyl (C=O) groups is 1. The van der Waals surface area contributed by atoms with Gasteiger partial charge in [0, 0.05) is 16.8 Å². The second-order valence-electron chi connectivity index (χ2n) is 5.08. The summed E-state index contributed by atoms with van der Waals surface area (Å²) in [5.74, 6) is 0.230. The highest BCUT2D eigenvalue weighted by atomic mass is 32.1. The maximum absolute atomic E-state index is 12.4. The Morgan fingerprint density at radius 3 is 2.83 bits per heavy atom. The van der Waals surface area contributed by atoms with Crippen molar-refractivity contribution in [1.29, 1.82) is 0 Å². The summed E-state index contributed by atoms with van der Waals surface area (Å²) in [5, 5.41) is 3.32. The van der Waals surface area contributed by atoms with Crippen LogP contribution in [0.1, 0.15) is 42.0 Å². The lowest BCUT2D eigenvalue weighted by molar-refractivity contribution is -0.134. The zero-order chi connectivity index (χ0) is 13.1. The van der Waals surface area contributed by atoms with Gasteiger partial charge in [-0.05, 0) is 45.4 Å². The van der Waals surface area contributed by atoms with Gasteiger partial charge in [-0.1, -0.05) is 6.42 Å². The van der Waals surface area contributed by atoms with Gasteiger partial charge in [0.15, 0.2) is 0 Å². The number of rotatable bonds is 3. The fourth-order valence-corrected chi connectivity index (χ4v) is 3.34. The van der Waals surface area contributed by atoms with E-state index in [9.17, 15) is 4.79 Å². The van der Waals surface area contributed by atoms with Crippen LogP contribution >= 0.6 is 11.3 Å². The smallest absolute Gasteiger partial charge is 0.239 e. The summed E-state index contributed by atoms with van der Waals surface area (Å²) >= 11 is 1.77. The Morgan fingerprint density at radius 2 is 2.28 bits per heavy atom. The van der Waals surface area contributed by atoms with Crippen molar-refractivity contribution < 1.29 is 4.79 Å². The zero-order valence-corrected chi connectivity index (χ0v) is 12.2. The molecule has 1 aliphatic rings. The fourth-order valence-electron chi connectivity index (χ4n) is 2.37. The Bertz CT molecular complexity index is 410. The topological polar surface area (TPSA) is 32.3 Å². The molecule has 1 amide bonds. The summed E-state index contributed by atoms with van der Waals surface area (Å²) in [6, 6.07) is 4.43. The predicted octanol–water partition coefficient (Wildman–Crippen LogP) is 2.72. The number of likely N-dealkylation sites (N-methyl/N-ethyl adjacent to an activating group) is 1. The molecule has 1 aromatic rings. The third-order valence-corrected chi connectivity index (χ3v) is 4.88. The standard InChI is InChI=1S/C14H22N2OS/c1-10-7-8-13(18-10)11(2)16(3)14(17)12-6-4-5-9-15-12/h7-8,11-12,15H,4-6,9H2,1-3H3/t11?,12-/m0/s1. The highest BCUT2D eigenvalue weighted by Crippen LogP contribution is 2.27. The van der Waals surface area contributed by atoms with E-state index < -0.39 is 0 Å². The second kappa shape index (κ2) is 5.85. The number of nitrogens with zero attached hydrogens (tertiary/aromatic N) is 1. The van der Waals surface area contributed by atoms with E-state index in [0.29, 0.717) is 0 Å². The Morgan fingerprint density at radius 1 is 1.50 bits per heavy atom. The minimum atomic E-state index is 0.0206. The summed E-state index contributed by atoms with van der Waals surface area (Å²) < 4.78 is 0. The minimum absolute atomic E-state index is 0.0206. The monoisotopic (exact) mass is 266 g/mol.